The number of rotatable bonds is 7. The molecule has 1 fully saturated rings. The molecular weight excluding hydrogens is 404 g/mol. The quantitative estimate of drug-likeness (QED) is 0.284. The molecule has 1 saturated heterocycles. The Bertz CT molecular complexity index is 897. The zero-order valence-corrected chi connectivity index (χ0v) is 15.2. The van der Waals surface area contributed by atoms with Gasteiger partial charge in [-0.1, -0.05) is 0 Å². The number of carbonyl (C=O) groups excluding carboxylic acids is 1. The number of hydrogen-bond acceptors (Lipinski definition) is 12. The molecule has 0 aromatic carbocycles. The minimum atomic E-state index is -2.69. The van der Waals surface area contributed by atoms with Gasteiger partial charge in [0.2, 0.25) is 6.61 Å². The number of halogens is 1. The minimum absolute atomic E-state index is 0.0460. The van der Waals surface area contributed by atoms with Crippen LogP contribution >= 0.6 is 8.25 Å². The molecule has 5 atom stereocenters. The minimum Gasteiger partial charge on any atom is -0.467 e. The van der Waals surface area contributed by atoms with Crippen LogP contribution in [-0.2, 0) is 27.9 Å². The number of anilines is 1. The number of nitrogens with two attached hydrogens (primary N) is 1. The van der Waals surface area contributed by atoms with Crippen molar-refractivity contribution < 1.29 is 42.5 Å². The number of fused-ring (bicyclic) bond motifs is 1. The summed E-state index contributed by atoms with van der Waals surface area (Å²) in [5.41, 5.74) is 5.62. The molecule has 1 aliphatic heterocycles. The van der Waals surface area contributed by atoms with Gasteiger partial charge in [0, 0.05) is 4.57 Å². The first-order chi connectivity index (χ1) is 13.3. The van der Waals surface area contributed by atoms with Gasteiger partial charge in [-0.05, 0) is 0 Å². The molecule has 2 aromatic rings. The van der Waals surface area contributed by atoms with Gasteiger partial charge in [-0.15, -0.1) is 9.05 Å². The lowest BCUT2D eigenvalue weighted by atomic mass is 10.1. The fourth-order valence-electron chi connectivity index (χ4n) is 2.53. The molecule has 3 rings (SSSR count). The lowest BCUT2D eigenvalue weighted by Crippen LogP contribution is -2.33. The third-order valence-corrected chi connectivity index (χ3v) is 4.59. The van der Waals surface area contributed by atoms with Gasteiger partial charge in [-0.25, -0.2) is 9.78 Å². The first-order valence-electron chi connectivity index (χ1n) is 7.79. The summed E-state index contributed by atoms with van der Waals surface area (Å²) in [5.74, 6) is -0.950. The smallest absolute Gasteiger partial charge is 0.467 e. The van der Waals surface area contributed by atoms with Crippen LogP contribution in [0.25, 0.3) is 11.2 Å². The van der Waals surface area contributed by atoms with E-state index in [4.69, 9.17) is 15.0 Å². The van der Waals surface area contributed by atoms with E-state index in [1.165, 1.54) is 10.9 Å². The number of aliphatic hydroxyl groups is 2. The van der Waals surface area contributed by atoms with Gasteiger partial charge in [0.15, 0.2) is 23.2 Å². The first kappa shape index (κ1) is 20.4. The van der Waals surface area contributed by atoms with Crippen LogP contribution in [0.3, 0.4) is 0 Å². The molecular formula is C13H16FN5O8P+. The maximum Gasteiger partial charge on any atom is 0.698 e. The molecule has 0 bridgehead atoms. The van der Waals surface area contributed by atoms with Gasteiger partial charge in [0.05, 0.1) is 13.4 Å². The van der Waals surface area contributed by atoms with Crippen LogP contribution in [0.15, 0.2) is 6.33 Å². The van der Waals surface area contributed by atoms with E-state index in [2.05, 4.69) is 24.2 Å². The molecule has 0 saturated carbocycles. The van der Waals surface area contributed by atoms with Crippen LogP contribution in [0.4, 0.5) is 10.2 Å². The van der Waals surface area contributed by atoms with Crippen molar-refractivity contribution in [3.05, 3.63) is 12.4 Å². The Balaban J connectivity index is 1.68. The van der Waals surface area contributed by atoms with E-state index in [0.29, 0.717) is 0 Å². The zero-order valence-electron chi connectivity index (χ0n) is 14.3. The molecule has 0 amide bonds. The molecule has 152 valence electrons. The topological polar surface area (TPSA) is 181 Å². The summed E-state index contributed by atoms with van der Waals surface area (Å²) < 4.78 is 45.6. The Morgan fingerprint density at radius 1 is 1.39 bits per heavy atom. The summed E-state index contributed by atoms with van der Waals surface area (Å²) in [6.07, 6.45) is -5.11. The highest BCUT2D eigenvalue weighted by molar-refractivity contribution is 7.33. The third kappa shape index (κ3) is 4.06. The molecule has 1 aliphatic rings. The van der Waals surface area contributed by atoms with Gasteiger partial charge < -0.3 is 25.4 Å². The lowest BCUT2D eigenvalue weighted by Gasteiger charge is -2.16. The SMILES string of the molecule is COC(=O)CO[P+](=O)OC[C@H]1O[C@@H](n2cnc3c(N)nc(F)nc32)[C@@H](O)[C@@H]1O. The number of aromatic nitrogens is 4. The molecule has 2 aromatic heterocycles. The normalized spacial score (nSPS) is 25.2. The summed E-state index contributed by atoms with van der Waals surface area (Å²) in [5, 5.41) is 20.4. The molecule has 0 spiro atoms. The number of hydrogen-bond donors (Lipinski definition) is 3. The summed E-state index contributed by atoms with van der Waals surface area (Å²) >= 11 is 0. The summed E-state index contributed by atoms with van der Waals surface area (Å²) in [4.78, 5) is 21.8. The van der Waals surface area contributed by atoms with E-state index in [1.54, 1.807) is 0 Å². The van der Waals surface area contributed by atoms with Crippen molar-refractivity contribution in [3.63, 3.8) is 0 Å². The highest BCUT2D eigenvalue weighted by Crippen LogP contribution is 2.34. The molecule has 15 heteroatoms. The molecule has 28 heavy (non-hydrogen) atoms. The second-order valence-electron chi connectivity index (χ2n) is 5.62. The van der Waals surface area contributed by atoms with E-state index in [9.17, 15) is 24.0 Å². The average Bonchev–Trinajstić information content (AvgIpc) is 3.20. The fourth-order valence-corrected chi connectivity index (χ4v) is 3.08. The van der Waals surface area contributed by atoms with Crippen molar-refractivity contribution in [2.24, 2.45) is 0 Å². The monoisotopic (exact) mass is 420 g/mol. The van der Waals surface area contributed by atoms with Gasteiger partial charge in [-0.3, -0.25) is 4.57 Å². The third-order valence-electron chi connectivity index (χ3n) is 3.89. The number of esters is 1. The van der Waals surface area contributed by atoms with Crippen LogP contribution in [0, 0.1) is 6.08 Å². The molecule has 4 N–H and O–H groups in total. The van der Waals surface area contributed by atoms with Gasteiger partial charge in [-0.2, -0.15) is 14.4 Å². The van der Waals surface area contributed by atoms with Gasteiger partial charge in [0.1, 0.15) is 24.9 Å². The Morgan fingerprint density at radius 3 is 2.86 bits per heavy atom. The van der Waals surface area contributed by atoms with Crippen LogP contribution in [0.1, 0.15) is 6.23 Å². The van der Waals surface area contributed by atoms with Gasteiger partial charge in [0.25, 0.3) is 0 Å². The molecule has 0 radical (unpaired) electrons. The first-order valence-corrected chi connectivity index (χ1v) is 8.88. The summed E-state index contributed by atoms with van der Waals surface area (Å²) in [6.45, 7) is -1.01. The van der Waals surface area contributed by atoms with Crippen LogP contribution in [0.5, 0.6) is 0 Å². The van der Waals surface area contributed by atoms with E-state index in [-0.39, 0.29) is 17.0 Å². The van der Waals surface area contributed by atoms with E-state index >= 15 is 0 Å². The summed E-state index contributed by atoms with van der Waals surface area (Å²) in [7, 11) is -1.56. The molecule has 13 nitrogen and oxygen atoms in total. The highest BCUT2D eigenvalue weighted by Gasteiger charge is 2.46. The van der Waals surface area contributed by atoms with Crippen molar-refractivity contribution in [3.8, 4) is 0 Å². The number of imidazole rings is 1. The van der Waals surface area contributed by atoms with Crippen LogP contribution in [0.2, 0.25) is 0 Å². The van der Waals surface area contributed by atoms with E-state index in [1.807, 2.05) is 0 Å². The fraction of sp³-hybridized carbons (Fsp3) is 0.538. The van der Waals surface area contributed by atoms with Crippen LogP contribution < -0.4 is 5.73 Å². The highest BCUT2D eigenvalue weighted by atomic mass is 31.1. The average molecular weight is 420 g/mol. The molecule has 3 heterocycles. The number of aliphatic hydroxyl groups excluding tert-OH is 2. The number of ether oxygens (including phenoxy) is 2. The number of nitrogen functional groups attached to an aromatic ring is 1. The summed E-state index contributed by atoms with van der Waals surface area (Å²) in [6, 6.07) is 0. The molecule has 0 aliphatic carbocycles. The number of nitrogens with zero attached hydrogens (tertiary/aromatic N) is 4. The van der Waals surface area contributed by atoms with E-state index in [0.717, 1.165) is 7.11 Å². The largest absolute Gasteiger partial charge is 0.698 e. The Kier molecular flexibility index (Phi) is 6.07. The standard InChI is InChI=1S/C13H16FN5O8P/c1-24-6(20)3-26-28(23)25-2-5-8(21)9(22)12(27-5)19-4-16-7-10(15)17-13(14)18-11(7)19/h4-5,8-9,12,21-22H,2-3H2,1H3,(H2,15,17,18)/q+1/t5-,8-,9+,12-/m1/s1. The van der Waals surface area contributed by atoms with Crippen molar-refractivity contribution in [1.29, 1.82) is 0 Å². The van der Waals surface area contributed by atoms with Crippen molar-refractivity contribution in [2.75, 3.05) is 26.1 Å². The Labute approximate surface area is 157 Å². The maximum absolute atomic E-state index is 13.5. The van der Waals surface area contributed by atoms with Crippen LogP contribution in [-0.4, -0.2) is 74.3 Å². The predicted octanol–water partition coefficient (Wildman–Crippen LogP) is -0.970. The Hall–Kier alpha value is -2.35. The van der Waals surface area contributed by atoms with Crippen molar-refractivity contribution in [1.82, 2.24) is 19.5 Å². The van der Waals surface area contributed by atoms with Crippen molar-refractivity contribution >= 4 is 31.2 Å². The molecule has 1 unspecified atom stereocenters. The van der Waals surface area contributed by atoms with Crippen molar-refractivity contribution in [2.45, 2.75) is 24.5 Å². The number of carbonyl (C=O) groups is 1. The maximum atomic E-state index is 13.5. The predicted molar refractivity (Wildman–Crippen MR) is 87.1 cm³/mol. The number of methoxy groups -OCH3 is 1. The lowest BCUT2D eigenvalue weighted by molar-refractivity contribution is -0.143. The second-order valence-corrected chi connectivity index (χ2v) is 6.58. The second kappa shape index (κ2) is 8.34. The Morgan fingerprint density at radius 2 is 2.14 bits per heavy atom. The van der Waals surface area contributed by atoms with E-state index < -0.39 is 58.1 Å². The zero-order chi connectivity index (χ0) is 20.4. The van der Waals surface area contributed by atoms with Gasteiger partial charge >= 0.3 is 20.3 Å².